The lowest BCUT2D eigenvalue weighted by Gasteiger charge is -2.20. The maximum absolute atomic E-state index is 11.9. The molecule has 0 aliphatic heterocycles. The van der Waals surface area contributed by atoms with Crippen LogP contribution in [0.3, 0.4) is 0 Å². The van der Waals surface area contributed by atoms with Gasteiger partial charge in [0.15, 0.2) is 0 Å². The van der Waals surface area contributed by atoms with Crippen LogP contribution in [0, 0.1) is 0 Å². The van der Waals surface area contributed by atoms with E-state index >= 15 is 0 Å². The molecule has 1 heterocycles. The van der Waals surface area contributed by atoms with Crippen molar-refractivity contribution in [3.8, 4) is 0 Å². The molecule has 0 bridgehead atoms. The van der Waals surface area contributed by atoms with Crippen LogP contribution in [0.15, 0.2) is 28.8 Å². The van der Waals surface area contributed by atoms with Gasteiger partial charge in [-0.1, -0.05) is 11.6 Å². The van der Waals surface area contributed by atoms with Gasteiger partial charge in [-0.15, -0.1) is 0 Å². The normalized spacial score (nSPS) is 16.8. The summed E-state index contributed by atoms with van der Waals surface area (Å²) in [7, 11) is 0. The molecule has 0 saturated carbocycles. The van der Waals surface area contributed by atoms with Crippen LogP contribution in [0.25, 0.3) is 0 Å². The van der Waals surface area contributed by atoms with Gasteiger partial charge in [-0.2, -0.15) is 0 Å². The maximum atomic E-state index is 11.9. The van der Waals surface area contributed by atoms with E-state index in [-0.39, 0.29) is 23.2 Å². The van der Waals surface area contributed by atoms with E-state index in [1.165, 1.54) is 24.6 Å². The molecule has 1 amide bonds. The number of nitrogens with one attached hydrogen (secondary N) is 2. The number of allylic oxidation sites excluding steroid dienone is 1. The minimum atomic E-state index is -0.368. The van der Waals surface area contributed by atoms with Crippen molar-refractivity contribution in [3.05, 3.63) is 40.1 Å². The number of carbonyl (C=O) groups excluding carboxylic acids is 1. The van der Waals surface area contributed by atoms with Crippen molar-refractivity contribution in [2.24, 2.45) is 0 Å². The summed E-state index contributed by atoms with van der Waals surface area (Å²) in [5.41, 5.74) is 1.10. The molecule has 96 valence electrons. The summed E-state index contributed by atoms with van der Waals surface area (Å²) in [6, 6.07) is 0.00140. The average molecular weight is 247 g/mol. The first kappa shape index (κ1) is 12.5. The van der Waals surface area contributed by atoms with Gasteiger partial charge in [0.25, 0.3) is 11.5 Å². The van der Waals surface area contributed by atoms with Crippen molar-refractivity contribution < 1.29 is 4.79 Å². The Bertz CT molecular complexity index is 519. The van der Waals surface area contributed by atoms with Crippen LogP contribution in [0.2, 0.25) is 0 Å². The fourth-order valence-corrected chi connectivity index (χ4v) is 2.12. The fourth-order valence-electron chi connectivity index (χ4n) is 2.12. The minimum Gasteiger partial charge on any atom is -0.345 e. The molecule has 0 saturated heterocycles. The van der Waals surface area contributed by atoms with Crippen molar-refractivity contribution in [3.63, 3.8) is 0 Å². The molecule has 0 spiro atoms. The van der Waals surface area contributed by atoms with Gasteiger partial charge in [0.2, 0.25) is 0 Å². The summed E-state index contributed by atoms with van der Waals surface area (Å²) in [6.45, 7) is 1.96. The number of carbonyl (C=O) groups is 1. The Kier molecular flexibility index (Phi) is 3.92. The topological polar surface area (TPSA) is 74.8 Å². The Labute approximate surface area is 105 Å². The van der Waals surface area contributed by atoms with Crippen LogP contribution in [0.5, 0.6) is 0 Å². The smallest absolute Gasteiger partial charge is 0.269 e. The van der Waals surface area contributed by atoms with Gasteiger partial charge in [-0.3, -0.25) is 14.6 Å². The number of aromatic nitrogens is 2. The van der Waals surface area contributed by atoms with Crippen LogP contribution in [0.1, 0.15) is 43.1 Å². The molecule has 0 radical (unpaired) electrons. The number of rotatable bonds is 3. The van der Waals surface area contributed by atoms with E-state index < -0.39 is 0 Å². The zero-order chi connectivity index (χ0) is 13.0. The first-order valence-electron chi connectivity index (χ1n) is 6.21. The Morgan fingerprint density at radius 1 is 1.44 bits per heavy atom. The SMILES string of the molecule is CC(NC(=O)c1cncc(=O)[nH]1)C1=CCCCC1. The molecule has 5 heteroatoms. The van der Waals surface area contributed by atoms with Crippen LogP contribution >= 0.6 is 0 Å². The van der Waals surface area contributed by atoms with Crippen LogP contribution in [-0.4, -0.2) is 21.9 Å². The van der Waals surface area contributed by atoms with Crippen LogP contribution in [-0.2, 0) is 0 Å². The van der Waals surface area contributed by atoms with E-state index in [1.54, 1.807) is 0 Å². The Hall–Kier alpha value is -1.91. The molecule has 1 aromatic heterocycles. The second-order valence-electron chi connectivity index (χ2n) is 4.53. The van der Waals surface area contributed by atoms with E-state index in [4.69, 9.17) is 0 Å². The van der Waals surface area contributed by atoms with Gasteiger partial charge >= 0.3 is 0 Å². The molecule has 1 aliphatic carbocycles. The zero-order valence-electron chi connectivity index (χ0n) is 10.4. The highest BCUT2D eigenvalue weighted by atomic mass is 16.2. The van der Waals surface area contributed by atoms with Crippen LogP contribution in [0.4, 0.5) is 0 Å². The third-order valence-electron chi connectivity index (χ3n) is 3.13. The molecular weight excluding hydrogens is 230 g/mol. The number of nitrogens with zero attached hydrogens (tertiary/aromatic N) is 1. The Morgan fingerprint density at radius 2 is 2.28 bits per heavy atom. The lowest BCUT2D eigenvalue weighted by atomic mass is 9.95. The first-order chi connectivity index (χ1) is 8.66. The van der Waals surface area contributed by atoms with E-state index in [2.05, 4.69) is 21.4 Å². The number of hydrogen-bond donors (Lipinski definition) is 2. The van der Waals surface area contributed by atoms with Crippen LogP contribution < -0.4 is 10.9 Å². The second-order valence-corrected chi connectivity index (χ2v) is 4.53. The van der Waals surface area contributed by atoms with Crippen molar-refractivity contribution >= 4 is 5.91 Å². The van der Waals surface area contributed by atoms with Crippen molar-refractivity contribution in [2.75, 3.05) is 0 Å². The standard InChI is InChI=1S/C13H17N3O2/c1-9(10-5-3-2-4-6-10)15-13(18)11-7-14-8-12(17)16-11/h5,7-9H,2-4,6H2,1H3,(H,15,18)(H,16,17). The van der Waals surface area contributed by atoms with Gasteiger partial charge < -0.3 is 10.3 Å². The lowest BCUT2D eigenvalue weighted by molar-refractivity contribution is 0.0939. The largest absolute Gasteiger partial charge is 0.345 e. The van der Waals surface area contributed by atoms with Gasteiger partial charge in [-0.05, 0) is 32.6 Å². The summed E-state index contributed by atoms with van der Waals surface area (Å²) < 4.78 is 0. The monoisotopic (exact) mass is 247 g/mol. The summed E-state index contributed by atoms with van der Waals surface area (Å²) in [6.07, 6.45) is 9.21. The second kappa shape index (κ2) is 5.62. The van der Waals surface area contributed by atoms with Gasteiger partial charge in [0.1, 0.15) is 5.69 Å². The van der Waals surface area contributed by atoms with Gasteiger partial charge in [0.05, 0.1) is 12.4 Å². The number of aromatic amines is 1. The molecule has 0 fully saturated rings. The summed E-state index contributed by atoms with van der Waals surface area (Å²) in [5, 5.41) is 2.88. The highest BCUT2D eigenvalue weighted by Crippen LogP contribution is 2.20. The highest BCUT2D eigenvalue weighted by molar-refractivity contribution is 5.92. The molecule has 1 unspecified atom stereocenters. The quantitative estimate of drug-likeness (QED) is 0.792. The Morgan fingerprint density at radius 3 is 2.94 bits per heavy atom. The number of hydrogen-bond acceptors (Lipinski definition) is 3. The molecule has 5 nitrogen and oxygen atoms in total. The predicted octanol–water partition coefficient (Wildman–Crippen LogP) is 1.39. The van der Waals surface area contributed by atoms with Crippen molar-refractivity contribution in [2.45, 2.75) is 38.6 Å². The zero-order valence-corrected chi connectivity index (χ0v) is 10.4. The fraction of sp³-hybridized carbons (Fsp3) is 0.462. The Balaban J connectivity index is 2.03. The van der Waals surface area contributed by atoms with Gasteiger partial charge in [-0.25, -0.2) is 0 Å². The summed E-state index contributed by atoms with van der Waals surface area (Å²) >= 11 is 0. The molecule has 18 heavy (non-hydrogen) atoms. The molecule has 1 atom stereocenters. The summed E-state index contributed by atoms with van der Waals surface area (Å²) in [5.74, 6) is -0.292. The lowest BCUT2D eigenvalue weighted by Crippen LogP contribution is -2.35. The molecule has 1 aliphatic rings. The van der Waals surface area contributed by atoms with E-state index in [0.29, 0.717) is 0 Å². The third-order valence-corrected chi connectivity index (χ3v) is 3.13. The van der Waals surface area contributed by atoms with Crippen molar-refractivity contribution in [1.82, 2.24) is 15.3 Å². The minimum absolute atomic E-state index is 0.00140. The molecule has 2 N–H and O–H groups in total. The molecule has 0 aromatic carbocycles. The average Bonchev–Trinajstić information content (AvgIpc) is 2.39. The highest BCUT2D eigenvalue weighted by Gasteiger charge is 2.15. The number of amides is 1. The maximum Gasteiger partial charge on any atom is 0.269 e. The van der Waals surface area contributed by atoms with E-state index in [0.717, 1.165) is 19.0 Å². The molecule has 1 aromatic rings. The molecular formula is C13H17N3O2. The van der Waals surface area contributed by atoms with E-state index in [1.807, 2.05) is 6.92 Å². The first-order valence-corrected chi connectivity index (χ1v) is 6.21. The number of H-pyrrole nitrogens is 1. The van der Waals surface area contributed by atoms with E-state index in [9.17, 15) is 9.59 Å². The van der Waals surface area contributed by atoms with Crippen molar-refractivity contribution in [1.29, 1.82) is 0 Å². The summed E-state index contributed by atoms with van der Waals surface area (Å²) in [4.78, 5) is 29.1. The predicted molar refractivity (Wildman–Crippen MR) is 68.3 cm³/mol. The third kappa shape index (κ3) is 3.06. The van der Waals surface area contributed by atoms with Gasteiger partial charge in [0, 0.05) is 6.04 Å². The molecule has 2 rings (SSSR count).